The Labute approximate surface area is 245 Å². The standard InChI is InChI=1S/C30H51N5O6/c1-17(2)14-22(32-29(39)23(15-18(3)4)33-30(40)27(19(5)6)34(9)10)28(38)31-20(7)12-13-25(36)35-21(8)24(41-11)16-26(35)37/h12-13,16-23,27H,14-15H2,1-11H3,(H,31,38)(H,32,39)(H,33,40)/b13-12+/t20-,21-,22-,23-,27-/m0/s1. The van der Waals surface area contributed by atoms with E-state index in [1.807, 2.05) is 60.5 Å². The minimum absolute atomic E-state index is 0.0405. The van der Waals surface area contributed by atoms with E-state index in [0.717, 1.165) is 4.90 Å². The fourth-order valence-corrected chi connectivity index (χ4v) is 4.91. The van der Waals surface area contributed by atoms with Gasteiger partial charge in [-0.3, -0.25) is 33.8 Å². The van der Waals surface area contributed by atoms with Gasteiger partial charge in [0.15, 0.2) is 0 Å². The summed E-state index contributed by atoms with van der Waals surface area (Å²) in [6, 6.07) is -3.12. The van der Waals surface area contributed by atoms with Gasteiger partial charge in [-0.2, -0.15) is 0 Å². The molecule has 0 aromatic carbocycles. The Kier molecular flexibility index (Phi) is 14.2. The number of carbonyl (C=O) groups excluding carboxylic acids is 5. The first-order valence-corrected chi connectivity index (χ1v) is 14.4. The SMILES string of the molecule is COC1=CC(=O)N(C(=O)/C=C/[C@H](C)NC(=O)[C@H](CC(C)C)NC(=O)[C@H](CC(C)C)NC(=O)[C@H](C(C)C)N(C)C)[C@H]1C. The van der Waals surface area contributed by atoms with Crippen LogP contribution in [0.3, 0.4) is 0 Å². The lowest BCUT2D eigenvalue weighted by atomic mass is 9.98. The van der Waals surface area contributed by atoms with Crippen LogP contribution in [-0.4, -0.2) is 90.8 Å². The zero-order valence-corrected chi connectivity index (χ0v) is 26.6. The van der Waals surface area contributed by atoms with Gasteiger partial charge in [-0.05, 0) is 58.5 Å². The molecule has 1 aliphatic rings. The van der Waals surface area contributed by atoms with Gasteiger partial charge in [0.25, 0.3) is 11.8 Å². The van der Waals surface area contributed by atoms with Crippen LogP contribution in [0.5, 0.6) is 0 Å². The van der Waals surface area contributed by atoms with E-state index < -0.39 is 53.8 Å². The molecule has 0 fully saturated rings. The van der Waals surface area contributed by atoms with Crippen LogP contribution >= 0.6 is 0 Å². The molecule has 5 atom stereocenters. The Hall–Kier alpha value is -3.21. The van der Waals surface area contributed by atoms with Crippen molar-refractivity contribution in [3.63, 3.8) is 0 Å². The van der Waals surface area contributed by atoms with Crippen molar-refractivity contribution in [1.29, 1.82) is 0 Å². The average Bonchev–Trinajstić information content (AvgIpc) is 3.13. The number of nitrogens with zero attached hydrogens (tertiary/aromatic N) is 2. The van der Waals surface area contributed by atoms with E-state index in [1.54, 1.807) is 13.8 Å². The van der Waals surface area contributed by atoms with Gasteiger partial charge in [-0.25, -0.2) is 0 Å². The quantitative estimate of drug-likeness (QED) is 0.253. The Morgan fingerprint density at radius 3 is 1.80 bits per heavy atom. The van der Waals surface area contributed by atoms with Gasteiger partial charge in [-0.15, -0.1) is 0 Å². The van der Waals surface area contributed by atoms with Gasteiger partial charge in [0, 0.05) is 18.2 Å². The van der Waals surface area contributed by atoms with Crippen molar-refractivity contribution >= 4 is 29.5 Å². The number of rotatable bonds is 15. The Morgan fingerprint density at radius 2 is 1.39 bits per heavy atom. The zero-order chi connectivity index (χ0) is 31.6. The molecule has 1 aliphatic heterocycles. The average molecular weight is 578 g/mol. The Balaban J connectivity index is 2.97. The van der Waals surface area contributed by atoms with Gasteiger partial charge >= 0.3 is 0 Å². The smallest absolute Gasteiger partial charge is 0.257 e. The summed E-state index contributed by atoms with van der Waals surface area (Å²) in [4.78, 5) is 67.5. The van der Waals surface area contributed by atoms with Crippen LogP contribution in [0.4, 0.5) is 0 Å². The van der Waals surface area contributed by atoms with Gasteiger partial charge in [0.05, 0.1) is 19.2 Å². The molecular weight excluding hydrogens is 526 g/mol. The fourth-order valence-electron chi connectivity index (χ4n) is 4.91. The molecule has 0 saturated heterocycles. The Bertz CT molecular complexity index is 995. The molecule has 1 rings (SSSR count). The summed E-state index contributed by atoms with van der Waals surface area (Å²) in [5.41, 5.74) is 0. The molecule has 11 nitrogen and oxygen atoms in total. The molecule has 0 aliphatic carbocycles. The second kappa shape index (κ2) is 16.3. The molecule has 0 saturated carbocycles. The summed E-state index contributed by atoms with van der Waals surface area (Å²) in [7, 11) is 5.09. The van der Waals surface area contributed by atoms with E-state index >= 15 is 0 Å². The van der Waals surface area contributed by atoms with E-state index in [9.17, 15) is 24.0 Å². The van der Waals surface area contributed by atoms with Crippen molar-refractivity contribution in [3.05, 3.63) is 24.0 Å². The molecule has 0 unspecified atom stereocenters. The number of carbonyl (C=O) groups is 5. The van der Waals surface area contributed by atoms with Crippen LogP contribution in [0, 0.1) is 17.8 Å². The molecule has 0 bridgehead atoms. The minimum atomic E-state index is -0.844. The number of amides is 5. The highest BCUT2D eigenvalue weighted by molar-refractivity contribution is 6.07. The van der Waals surface area contributed by atoms with Gasteiger partial charge in [-0.1, -0.05) is 47.6 Å². The minimum Gasteiger partial charge on any atom is -0.499 e. The van der Waals surface area contributed by atoms with Crippen molar-refractivity contribution in [2.45, 2.75) is 98.4 Å². The highest BCUT2D eigenvalue weighted by Gasteiger charge is 2.34. The third kappa shape index (κ3) is 10.9. The highest BCUT2D eigenvalue weighted by Crippen LogP contribution is 2.20. The third-order valence-electron chi connectivity index (χ3n) is 6.81. The summed E-state index contributed by atoms with van der Waals surface area (Å²) in [5, 5.41) is 8.57. The lowest BCUT2D eigenvalue weighted by molar-refractivity contribution is -0.139. The third-order valence-corrected chi connectivity index (χ3v) is 6.81. The number of hydrogen-bond acceptors (Lipinski definition) is 7. The Morgan fingerprint density at radius 1 is 0.902 bits per heavy atom. The molecule has 0 spiro atoms. The largest absolute Gasteiger partial charge is 0.499 e. The van der Waals surface area contributed by atoms with Crippen LogP contribution in [0.1, 0.15) is 68.2 Å². The first-order valence-electron chi connectivity index (χ1n) is 14.4. The lowest BCUT2D eigenvalue weighted by Crippen LogP contribution is -2.57. The highest BCUT2D eigenvalue weighted by atomic mass is 16.5. The first kappa shape index (κ1) is 35.8. The fraction of sp³-hybridized carbons (Fsp3) is 0.700. The summed E-state index contributed by atoms with van der Waals surface area (Å²) < 4.78 is 5.14. The molecule has 1 heterocycles. The number of nitrogens with one attached hydrogen (secondary N) is 3. The predicted molar refractivity (Wildman–Crippen MR) is 158 cm³/mol. The number of methoxy groups -OCH3 is 1. The van der Waals surface area contributed by atoms with E-state index in [0.29, 0.717) is 18.6 Å². The van der Waals surface area contributed by atoms with Crippen LogP contribution in [0.25, 0.3) is 0 Å². The molecule has 232 valence electrons. The predicted octanol–water partition coefficient (Wildman–Crippen LogP) is 1.98. The van der Waals surface area contributed by atoms with Crippen molar-refractivity contribution in [1.82, 2.24) is 25.8 Å². The van der Waals surface area contributed by atoms with Gasteiger partial charge in [0.2, 0.25) is 17.7 Å². The summed E-state index contributed by atoms with van der Waals surface area (Å²) >= 11 is 0. The topological polar surface area (TPSA) is 137 Å². The molecule has 0 aromatic rings. The van der Waals surface area contributed by atoms with Crippen LogP contribution in [-0.2, 0) is 28.7 Å². The van der Waals surface area contributed by atoms with E-state index in [1.165, 1.54) is 25.3 Å². The molecule has 0 aromatic heterocycles. The normalized spacial score (nSPS) is 18.5. The molecule has 5 amide bonds. The monoisotopic (exact) mass is 577 g/mol. The van der Waals surface area contributed by atoms with Crippen LogP contribution < -0.4 is 16.0 Å². The maximum atomic E-state index is 13.4. The number of likely N-dealkylation sites (N-methyl/N-ethyl adjacent to an activating group) is 1. The van der Waals surface area contributed by atoms with E-state index in [4.69, 9.17) is 4.74 Å². The van der Waals surface area contributed by atoms with Crippen LogP contribution in [0.15, 0.2) is 24.0 Å². The second-order valence-electron chi connectivity index (χ2n) is 12.2. The number of hydrogen-bond donors (Lipinski definition) is 3. The summed E-state index contributed by atoms with van der Waals surface area (Å²) in [5.74, 6) is -1.39. The molecule has 41 heavy (non-hydrogen) atoms. The van der Waals surface area contributed by atoms with Crippen LogP contribution in [0.2, 0.25) is 0 Å². The zero-order valence-electron chi connectivity index (χ0n) is 26.6. The molecule has 0 radical (unpaired) electrons. The van der Waals surface area contributed by atoms with E-state index in [-0.39, 0.29) is 23.7 Å². The van der Waals surface area contributed by atoms with Gasteiger partial charge in [0.1, 0.15) is 17.8 Å². The summed E-state index contributed by atoms with van der Waals surface area (Å²) in [6.07, 6.45) is 4.81. The van der Waals surface area contributed by atoms with Crippen molar-refractivity contribution in [3.8, 4) is 0 Å². The summed E-state index contributed by atoms with van der Waals surface area (Å²) in [6.45, 7) is 15.1. The van der Waals surface area contributed by atoms with Crippen molar-refractivity contribution in [2.24, 2.45) is 17.8 Å². The maximum absolute atomic E-state index is 13.4. The van der Waals surface area contributed by atoms with Crippen molar-refractivity contribution in [2.75, 3.05) is 21.2 Å². The second-order valence-corrected chi connectivity index (χ2v) is 12.2. The van der Waals surface area contributed by atoms with E-state index in [2.05, 4.69) is 16.0 Å². The lowest BCUT2D eigenvalue weighted by Gasteiger charge is -2.30. The molecule has 3 N–H and O–H groups in total. The molecule has 11 heteroatoms. The maximum Gasteiger partial charge on any atom is 0.257 e. The van der Waals surface area contributed by atoms with Gasteiger partial charge < -0.3 is 20.7 Å². The number of imide groups is 1. The molecular formula is C30H51N5O6. The number of ether oxygens (including phenoxy) is 1. The van der Waals surface area contributed by atoms with Crippen molar-refractivity contribution < 1.29 is 28.7 Å². The first-order chi connectivity index (χ1) is 19.0.